The molecule has 1 unspecified atom stereocenters. The Morgan fingerprint density at radius 1 is 1.35 bits per heavy atom. The molecule has 0 bridgehead atoms. The van der Waals surface area contributed by atoms with Gasteiger partial charge in [0.05, 0.1) is 0 Å². The summed E-state index contributed by atoms with van der Waals surface area (Å²) in [6, 6.07) is 9.26. The molecule has 1 aromatic carbocycles. The number of ether oxygens (including phenoxy) is 1. The van der Waals surface area contributed by atoms with Gasteiger partial charge in [-0.3, -0.25) is 5.32 Å². The number of rotatable bonds is 4. The number of aromatic nitrogens is 1. The molecule has 0 saturated heterocycles. The lowest BCUT2D eigenvalue weighted by Gasteiger charge is -2.12. The van der Waals surface area contributed by atoms with E-state index in [9.17, 15) is 9.59 Å². The molecule has 2 rings (SSSR count). The second kappa shape index (κ2) is 6.01. The normalized spacial score (nSPS) is 11.8. The summed E-state index contributed by atoms with van der Waals surface area (Å²) in [5.74, 6) is -0.858. The van der Waals surface area contributed by atoms with Gasteiger partial charge < -0.3 is 9.84 Å². The molecular formula is C14H14N2O4. The van der Waals surface area contributed by atoms with Gasteiger partial charge in [-0.1, -0.05) is 31.2 Å². The summed E-state index contributed by atoms with van der Waals surface area (Å²) in [6.45, 7) is 1.63. The number of amides is 1. The van der Waals surface area contributed by atoms with Gasteiger partial charge in [-0.2, -0.15) is 0 Å². The number of anilines is 1. The molecule has 20 heavy (non-hydrogen) atoms. The van der Waals surface area contributed by atoms with Crippen LogP contribution in [-0.2, 0) is 9.53 Å². The van der Waals surface area contributed by atoms with Gasteiger partial charge in [-0.15, -0.1) is 0 Å². The van der Waals surface area contributed by atoms with Crippen LogP contribution in [0.3, 0.4) is 0 Å². The van der Waals surface area contributed by atoms with Crippen molar-refractivity contribution in [1.82, 2.24) is 4.98 Å². The molecular weight excluding hydrogens is 260 g/mol. The number of hydrogen-bond donors (Lipinski definition) is 2. The van der Waals surface area contributed by atoms with Crippen molar-refractivity contribution in [2.24, 2.45) is 0 Å². The molecule has 6 heteroatoms. The summed E-state index contributed by atoms with van der Waals surface area (Å²) in [5.41, 5.74) is 0. The molecule has 1 aromatic heterocycles. The number of carboxylic acid groups (broad SMARTS) is 1. The van der Waals surface area contributed by atoms with Crippen LogP contribution in [0.15, 0.2) is 36.5 Å². The summed E-state index contributed by atoms with van der Waals surface area (Å²) < 4.78 is 4.79. The molecule has 1 amide bonds. The second-order valence-electron chi connectivity index (χ2n) is 4.18. The lowest BCUT2D eigenvalue weighted by Crippen LogP contribution is -2.28. The minimum absolute atomic E-state index is 0.202. The average Bonchev–Trinajstić information content (AvgIpc) is 2.44. The van der Waals surface area contributed by atoms with Crippen LogP contribution in [0, 0.1) is 0 Å². The molecule has 1 atom stereocenters. The van der Waals surface area contributed by atoms with Crippen molar-refractivity contribution < 1.29 is 19.4 Å². The molecule has 0 aliphatic heterocycles. The molecule has 6 nitrogen and oxygen atoms in total. The van der Waals surface area contributed by atoms with Crippen LogP contribution in [0.2, 0.25) is 0 Å². The van der Waals surface area contributed by atoms with Crippen molar-refractivity contribution in [1.29, 1.82) is 0 Å². The summed E-state index contributed by atoms with van der Waals surface area (Å²) in [4.78, 5) is 26.4. The summed E-state index contributed by atoms with van der Waals surface area (Å²) >= 11 is 0. The zero-order valence-corrected chi connectivity index (χ0v) is 10.9. The lowest BCUT2D eigenvalue weighted by atomic mass is 10.2. The Morgan fingerprint density at radius 3 is 2.70 bits per heavy atom. The number of nitrogens with zero attached hydrogens (tertiary/aromatic N) is 1. The second-order valence-corrected chi connectivity index (χ2v) is 4.18. The van der Waals surface area contributed by atoms with Crippen molar-refractivity contribution in [2.45, 2.75) is 19.4 Å². The van der Waals surface area contributed by atoms with Crippen LogP contribution >= 0.6 is 0 Å². The molecule has 2 N–H and O–H groups in total. The molecule has 0 saturated carbocycles. The smallest absolute Gasteiger partial charge is 0.413 e. The van der Waals surface area contributed by atoms with Crippen molar-refractivity contribution in [3.8, 4) is 0 Å². The van der Waals surface area contributed by atoms with Crippen molar-refractivity contribution in [2.75, 3.05) is 5.32 Å². The topological polar surface area (TPSA) is 88.5 Å². The third kappa shape index (κ3) is 3.23. The van der Waals surface area contributed by atoms with E-state index < -0.39 is 18.2 Å². The number of carbonyl (C=O) groups excluding carboxylic acids is 1. The lowest BCUT2D eigenvalue weighted by molar-refractivity contribution is -0.146. The van der Waals surface area contributed by atoms with E-state index in [1.54, 1.807) is 19.2 Å². The van der Waals surface area contributed by atoms with Gasteiger partial charge in [0.25, 0.3) is 0 Å². The van der Waals surface area contributed by atoms with E-state index in [-0.39, 0.29) is 6.42 Å². The minimum atomic E-state index is -1.17. The number of pyridine rings is 1. The van der Waals surface area contributed by atoms with Crippen LogP contribution in [0.25, 0.3) is 10.8 Å². The molecule has 2 aromatic rings. The predicted molar refractivity (Wildman–Crippen MR) is 73.6 cm³/mol. The number of aliphatic carboxylic acids is 1. The third-order valence-corrected chi connectivity index (χ3v) is 2.76. The van der Waals surface area contributed by atoms with E-state index in [1.165, 1.54) is 0 Å². The minimum Gasteiger partial charge on any atom is -0.479 e. The largest absolute Gasteiger partial charge is 0.479 e. The number of fused-ring (bicyclic) bond motifs is 1. The Kier molecular flexibility index (Phi) is 4.14. The summed E-state index contributed by atoms with van der Waals surface area (Å²) in [7, 11) is 0. The Hall–Kier alpha value is -2.63. The Morgan fingerprint density at radius 2 is 2.05 bits per heavy atom. The molecule has 0 radical (unpaired) electrons. The highest BCUT2D eigenvalue weighted by molar-refractivity contribution is 5.90. The first-order chi connectivity index (χ1) is 9.60. The van der Waals surface area contributed by atoms with Crippen molar-refractivity contribution in [3.63, 3.8) is 0 Å². The van der Waals surface area contributed by atoms with E-state index in [0.717, 1.165) is 10.8 Å². The van der Waals surface area contributed by atoms with Gasteiger partial charge in [-0.05, 0) is 17.9 Å². The fourth-order valence-electron chi connectivity index (χ4n) is 1.72. The van der Waals surface area contributed by atoms with Gasteiger partial charge in [0.15, 0.2) is 6.10 Å². The number of carboxylic acids is 1. The Bertz CT molecular complexity index is 642. The first-order valence-corrected chi connectivity index (χ1v) is 6.15. The maximum atomic E-state index is 11.6. The van der Waals surface area contributed by atoms with Crippen molar-refractivity contribution >= 4 is 28.7 Å². The number of benzene rings is 1. The van der Waals surface area contributed by atoms with E-state index in [4.69, 9.17) is 9.84 Å². The molecule has 0 spiro atoms. The first-order valence-electron chi connectivity index (χ1n) is 6.15. The van der Waals surface area contributed by atoms with Crippen LogP contribution < -0.4 is 5.32 Å². The molecule has 0 aliphatic rings. The first kappa shape index (κ1) is 13.8. The summed E-state index contributed by atoms with van der Waals surface area (Å²) in [5, 5.41) is 13.1. The van der Waals surface area contributed by atoms with Crippen molar-refractivity contribution in [3.05, 3.63) is 36.5 Å². The Balaban J connectivity index is 2.07. The SMILES string of the molecule is CCC(OC(=O)Nc1cc2ccccc2cn1)C(=O)O. The van der Waals surface area contributed by atoms with Gasteiger partial charge >= 0.3 is 12.1 Å². The monoisotopic (exact) mass is 274 g/mol. The highest BCUT2D eigenvalue weighted by atomic mass is 16.6. The van der Waals surface area contributed by atoms with Gasteiger partial charge in [0.1, 0.15) is 5.82 Å². The van der Waals surface area contributed by atoms with Gasteiger partial charge in [-0.25, -0.2) is 14.6 Å². The fraction of sp³-hybridized carbons (Fsp3) is 0.214. The molecule has 0 aliphatic carbocycles. The number of carbonyl (C=O) groups is 2. The number of nitrogens with one attached hydrogen (secondary N) is 1. The Labute approximate surface area is 115 Å². The van der Waals surface area contributed by atoms with E-state index in [0.29, 0.717) is 5.82 Å². The van der Waals surface area contributed by atoms with Crippen LogP contribution in [0.4, 0.5) is 10.6 Å². The third-order valence-electron chi connectivity index (χ3n) is 2.76. The van der Waals surface area contributed by atoms with E-state index in [2.05, 4.69) is 10.3 Å². The van der Waals surface area contributed by atoms with Crippen LogP contribution in [-0.4, -0.2) is 28.3 Å². The molecule has 104 valence electrons. The maximum Gasteiger partial charge on any atom is 0.413 e. The quantitative estimate of drug-likeness (QED) is 0.894. The molecule has 1 heterocycles. The predicted octanol–water partition coefficient (Wildman–Crippen LogP) is 2.65. The highest BCUT2D eigenvalue weighted by Crippen LogP contribution is 2.16. The van der Waals surface area contributed by atoms with Crippen LogP contribution in [0.5, 0.6) is 0 Å². The van der Waals surface area contributed by atoms with Crippen LogP contribution in [0.1, 0.15) is 13.3 Å². The van der Waals surface area contributed by atoms with E-state index >= 15 is 0 Å². The highest BCUT2D eigenvalue weighted by Gasteiger charge is 2.20. The van der Waals surface area contributed by atoms with Gasteiger partial charge in [0, 0.05) is 11.6 Å². The zero-order chi connectivity index (χ0) is 14.5. The zero-order valence-electron chi connectivity index (χ0n) is 10.9. The average molecular weight is 274 g/mol. The fourth-order valence-corrected chi connectivity index (χ4v) is 1.72. The molecule has 0 fully saturated rings. The number of hydrogen-bond acceptors (Lipinski definition) is 4. The van der Waals surface area contributed by atoms with Gasteiger partial charge in [0.2, 0.25) is 0 Å². The maximum absolute atomic E-state index is 11.6. The van der Waals surface area contributed by atoms with E-state index in [1.807, 2.05) is 24.3 Å². The standard InChI is InChI=1S/C14H14N2O4/c1-2-11(13(17)18)20-14(19)16-12-7-9-5-3-4-6-10(9)8-15-12/h3-8,11H,2H2,1H3,(H,17,18)(H,15,16,19). The summed E-state index contributed by atoms with van der Waals surface area (Å²) in [6.07, 6.45) is -0.162.